The maximum atomic E-state index is 14.4. The molecule has 5 amide bonds. The van der Waals surface area contributed by atoms with E-state index >= 15 is 0 Å². The number of primary amides is 1. The summed E-state index contributed by atoms with van der Waals surface area (Å²) in [4.78, 5) is 66.2. The fraction of sp³-hybridized carbons (Fsp3) is 0.861. The molecule has 0 aromatic heterocycles. The summed E-state index contributed by atoms with van der Waals surface area (Å²) < 4.78 is 13.2. The van der Waals surface area contributed by atoms with Crippen molar-refractivity contribution in [3.8, 4) is 0 Å². The third-order valence-corrected chi connectivity index (χ3v) is 11.7. The number of hydrogen-bond donors (Lipinski definition) is 6. The summed E-state index contributed by atoms with van der Waals surface area (Å²) in [6.07, 6.45) is 6.21. The first-order valence-electron chi connectivity index (χ1n) is 18.6. The highest BCUT2D eigenvalue weighted by atomic mass is 32.2. The number of amides is 5. The van der Waals surface area contributed by atoms with Gasteiger partial charge in [0.2, 0.25) is 11.7 Å². The Kier molecular flexibility index (Phi) is 17.0. The third-order valence-electron chi connectivity index (χ3n) is 10.5. The lowest BCUT2D eigenvalue weighted by Gasteiger charge is -2.38. The number of carbonyl (C=O) groups excluding carboxylic acids is 5. The fourth-order valence-electron chi connectivity index (χ4n) is 6.75. The maximum absolute atomic E-state index is 14.4. The topological polar surface area (TPSA) is 203 Å². The van der Waals surface area contributed by atoms with Crippen molar-refractivity contribution < 1.29 is 33.3 Å². The van der Waals surface area contributed by atoms with Crippen LogP contribution in [-0.2, 0) is 34.4 Å². The van der Waals surface area contributed by atoms with Gasteiger partial charge in [-0.05, 0) is 41.4 Å². The number of aliphatic hydroxyl groups is 1. The molecule has 1 saturated carbocycles. The molecule has 2 aliphatic rings. The van der Waals surface area contributed by atoms with Crippen LogP contribution in [0.1, 0.15) is 107 Å². The van der Waals surface area contributed by atoms with Gasteiger partial charge in [-0.25, -0.2) is 4.79 Å². The predicted molar refractivity (Wildman–Crippen MR) is 201 cm³/mol. The number of urea groups is 1. The van der Waals surface area contributed by atoms with Gasteiger partial charge < -0.3 is 31.7 Å². The zero-order valence-corrected chi connectivity index (χ0v) is 33.6. The highest BCUT2D eigenvalue weighted by Gasteiger charge is 2.46. The van der Waals surface area contributed by atoms with Gasteiger partial charge in [-0.2, -0.15) is 4.31 Å². The minimum atomic E-state index is -1.81. The van der Waals surface area contributed by atoms with Gasteiger partial charge in [-0.15, -0.1) is 0 Å². The highest BCUT2D eigenvalue weighted by Crippen LogP contribution is 2.34. The molecule has 1 aliphatic heterocycles. The molecule has 0 aromatic carbocycles. The summed E-state index contributed by atoms with van der Waals surface area (Å²) in [6, 6.07) is -3.52. The molecule has 1 heterocycles. The van der Waals surface area contributed by atoms with Crippen molar-refractivity contribution in [2.45, 2.75) is 138 Å². The lowest BCUT2D eigenvalue weighted by Crippen LogP contribution is -2.62. The lowest BCUT2D eigenvalue weighted by atomic mass is 9.81. The van der Waals surface area contributed by atoms with Crippen LogP contribution in [0.15, 0.2) is 0 Å². The number of rotatable bonds is 19. The standard InChI is InChI=1S/C36H67N7O7S/c1-22(2)25-19-27(32(47)39-26(29(45)31(37)46)16-12-15-24-13-11-14-24)42(21-25)33(48)30(36(7,8)9)41-34(49)40-28(35(4,5)6)20-38-17-18-43(23(3)44)51(10)50/h22,24-28,30,32,38-39,47H,11-21H2,1-10H3,(H2,37,46)(H2,40,41,49)/p+1/t25-,26?,27+,28-,30-,32?,51?/m1/s1. The highest BCUT2D eigenvalue weighted by molar-refractivity contribution is 7.82. The van der Waals surface area contributed by atoms with Gasteiger partial charge in [0.15, 0.2) is 11.0 Å². The van der Waals surface area contributed by atoms with Crippen LogP contribution >= 0.6 is 0 Å². The zero-order valence-electron chi connectivity index (χ0n) is 32.7. The van der Waals surface area contributed by atoms with Crippen LogP contribution in [-0.4, -0.2) is 107 Å². The number of likely N-dealkylation sites (tertiary alicyclic amines) is 1. The molecule has 294 valence electrons. The van der Waals surface area contributed by atoms with Crippen molar-refractivity contribution in [2.75, 3.05) is 32.4 Å². The van der Waals surface area contributed by atoms with E-state index in [1.807, 2.05) is 41.5 Å². The minimum Gasteiger partial charge on any atom is -0.376 e. The van der Waals surface area contributed by atoms with Gasteiger partial charge in [-0.3, -0.25) is 24.5 Å². The van der Waals surface area contributed by atoms with E-state index in [2.05, 4.69) is 35.1 Å². The van der Waals surface area contributed by atoms with Crippen LogP contribution in [0.5, 0.6) is 0 Å². The summed E-state index contributed by atoms with van der Waals surface area (Å²) in [7, 11) is -1.81. The summed E-state index contributed by atoms with van der Waals surface area (Å²) in [5.74, 6) is -1.58. The zero-order chi connectivity index (χ0) is 38.8. The van der Waals surface area contributed by atoms with Crippen LogP contribution < -0.4 is 27.0 Å². The second-order valence-electron chi connectivity index (χ2n) is 17.1. The van der Waals surface area contributed by atoms with E-state index < -0.39 is 58.5 Å². The molecule has 0 bridgehead atoms. The molecule has 0 aromatic rings. The van der Waals surface area contributed by atoms with Crippen LogP contribution in [0.3, 0.4) is 0 Å². The first-order chi connectivity index (χ1) is 23.5. The number of ketones is 1. The number of nitrogens with one attached hydrogen (secondary N) is 4. The van der Waals surface area contributed by atoms with E-state index in [1.54, 1.807) is 4.90 Å². The van der Waals surface area contributed by atoms with Gasteiger partial charge in [0.25, 0.3) is 11.8 Å². The summed E-state index contributed by atoms with van der Waals surface area (Å²) >= 11 is 0. The van der Waals surface area contributed by atoms with E-state index in [-0.39, 0.29) is 41.7 Å². The molecule has 3 unspecified atom stereocenters. The molecule has 15 heteroatoms. The molecule has 1 saturated heterocycles. The third kappa shape index (κ3) is 13.7. The average Bonchev–Trinajstić information content (AvgIpc) is 3.44. The molecule has 7 atom stereocenters. The number of hydrogen-bond acceptors (Lipinski definition) is 9. The molecular weight excluding hydrogens is 675 g/mol. The normalized spacial score (nSPS) is 21.3. The lowest BCUT2D eigenvalue weighted by molar-refractivity contribution is -0.141. The monoisotopic (exact) mass is 742 g/mol. The molecule has 7 N–H and O–H groups in total. The van der Waals surface area contributed by atoms with Crippen molar-refractivity contribution >= 4 is 40.5 Å². The SMILES string of the molecule is CC(=O)N(CCNC[C@@H](NC(=O)N[C@H](C(=O)N1C[C@H](C(C)C)C[C@H]1C(O)NC(CCCC1CCC1)C(=O)C(N)=O)C(C)(C)C)C(C)(C)C)[SH+](C)=O. The first-order valence-corrected chi connectivity index (χ1v) is 20.2. The number of nitrogens with two attached hydrogens (primary N) is 1. The van der Waals surface area contributed by atoms with Crippen molar-refractivity contribution in [3.05, 3.63) is 0 Å². The number of carbonyl (C=O) groups is 5. The van der Waals surface area contributed by atoms with Crippen molar-refractivity contribution in [3.63, 3.8) is 0 Å². The Labute approximate surface area is 308 Å². The van der Waals surface area contributed by atoms with Gasteiger partial charge >= 0.3 is 6.03 Å². The van der Waals surface area contributed by atoms with Crippen LogP contribution in [0, 0.1) is 28.6 Å². The van der Waals surface area contributed by atoms with Crippen LogP contribution in [0.2, 0.25) is 0 Å². The van der Waals surface area contributed by atoms with Gasteiger partial charge in [0.1, 0.15) is 18.5 Å². The predicted octanol–water partition coefficient (Wildman–Crippen LogP) is 1.97. The second-order valence-corrected chi connectivity index (χ2v) is 18.5. The Morgan fingerprint density at radius 2 is 1.65 bits per heavy atom. The van der Waals surface area contributed by atoms with Crippen molar-refractivity contribution in [2.24, 2.45) is 34.3 Å². The van der Waals surface area contributed by atoms with Gasteiger partial charge in [0, 0.05) is 32.6 Å². The van der Waals surface area contributed by atoms with Crippen LogP contribution in [0.4, 0.5) is 4.79 Å². The Hall–Kier alpha value is -2.62. The van der Waals surface area contributed by atoms with Crippen LogP contribution in [0.25, 0.3) is 0 Å². The number of nitrogens with zero attached hydrogens (tertiary/aromatic N) is 2. The molecule has 2 rings (SSSR count). The summed E-state index contributed by atoms with van der Waals surface area (Å²) in [5, 5.41) is 23.7. The maximum Gasteiger partial charge on any atom is 0.315 e. The van der Waals surface area contributed by atoms with E-state index in [0.717, 1.165) is 6.42 Å². The molecule has 0 radical (unpaired) electrons. The fourth-order valence-corrected chi connectivity index (χ4v) is 7.53. The molecule has 0 spiro atoms. The van der Waals surface area contributed by atoms with Crippen molar-refractivity contribution in [1.29, 1.82) is 0 Å². The number of thiol groups is 1. The van der Waals surface area contributed by atoms with Gasteiger partial charge in [-0.1, -0.05) is 91.7 Å². The van der Waals surface area contributed by atoms with Gasteiger partial charge in [0.05, 0.1) is 18.6 Å². The van der Waals surface area contributed by atoms with E-state index in [4.69, 9.17) is 5.73 Å². The van der Waals surface area contributed by atoms with E-state index in [9.17, 15) is 33.3 Å². The van der Waals surface area contributed by atoms with Crippen molar-refractivity contribution in [1.82, 2.24) is 30.5 Å². The minimum absolute atomic E-state index is 0.0647. The Balaban J connectivity index is 2.21. The first kappa shape index (κ1) is 44.5. The molecule has 2 fully saturated rings. The molecule has 1 aliphatic carbocycles. The summed E-state index contributed by atoms with van der Waals surface area (Å²) in [5.41, 5.74) is 4.30. The quantitative estimate of drug-likeness (QED) is 0.0376. The largest absolute Gasteiger partial charge is 0.376 e. The Bertz CT molecular complexity index is 1220. The number of Topliss-reactive ketones (excluding diaryl/α,β-unsaturated/α-hetero) is 1. The van der Waals surface area contributed by atoms with E-state index in [0.29, 0.717) is 44.8 Å². The van der Waals surface area contributed by atoms with E-state index in [1.165, 1.54) is 36.7 Å². The smallest absolute Gasteiger partial charge is 0.315 e. The number of aliphatic hydroxyl groups excluding tert-OH is 1. The molecule has 14 nitrogen and oxygen atoms in total. The Morgan fingerprint density at radius 1 is 1.02 bits per heavy atom. The molecule has 51 heavy (non-hydrogen) atoms. The average molecular weight is 743 g/mol. The second kappa shape index (κ2) is 19.5. The summed E-state index contributed by atoms with van der Waals surface area (Å²) in [6.45, 7) is 18.4. The molecular formula is C36H68N7O7S+. The Morgan fingerprint density at radius 3 is 2.12 bits per heavy atom.